The molecule has 1 aromatic heterocycles. The summed E-state index contributed by atoms with van der Waals surface area (Å²) in [5, 5.41) is 9.23. The number of hydrogen-bond acceptors (Lipinski definition) is 4. The van der Waals surface area contributed by atoms with Crippen LogP contribution in [0.3, 0.4) is 0 Å². The van der Waals surface area contributed by atoms with Crippen LogP contribution in [0.2, 0.25) is 0 Å². The molecule has 0 aliphatic carbocycles. The Balaban J connectivity index is 2.17. The van der Waals surface area contributed by atoms with E-state index in [1.807, 2.05) is 0 Å². The van der Waals surface area contributed by atoms with Crippen molar-refractivity contribution in [1.82, 2.24) is 9.88 Å². The number of amides is 1. The fourth-order valence-electron chi connectivity index (χ4n) is 2.24. The van der Waals surface area contributed by atoms with Crippen molar-refractivity contribution in [2.45, 2.75) is 26.7 Å². The van der Waals surface area contributed by atoms with Gasteiger partial charge in [-0.2, -0.15) is 0 Å². The molecule has 1 saturated heterocycles. The SMILES string of the molecule is Cc1ncsc1C(=O)N1CCCC(C)(C(=O)O)C1. The third-order valence-corrected chi connectivity index (χ3v) is 4.36. The van der Waals surface area contributed by atoms with E-state index in [9.17, 15) is 14.7 Å². The minimum Gasteiger partial charge on any atom is -0.481 e. The van der Waals surface area contributed by atoms with Gasteiger partial charge in [-0.3, -0.25) is 9.59 Å². The largest absolute Gasteiger partial charge is 0.481 e. The second-order valence-electron chi connectivity index (χ2n) is 4.96. The molecular weight excluding hydrogens is 252 g/mol. The lowest BCUT2D eigenvalue weighted by atomic mass is 9.82. The molecule has 0 bridgehead atoms. The van der Waals surface area contributed by atoms with E-state index in [1.54, 1.807) is 24.3 Å². The summed E-state index contributed by atoms with van der Waals surface area (Å²) in [5.74, 6) is -0.928. The molecule has 1 fully saturated rings. The summed E-state index contributed by atoms with van der Waals surface area (Å²) < 4.78 is 0. The molecular formula is C12H16N2O3S. The number of nitrogens with zero attached hydrogens (tertiary/aromatic N) is 2. The Bertz CT molecular complexity index is 485. The molecule has 5 nitrogen and oxygen atoms in total. The highest BCUT2D eigenvalue weighted by Crippen LogP contribution is 2.31. The highest BCUT2D eigenvalue weighted by atomic mass is 32.1. The average Bonchev–Trinajstić information content (AvgIpc) is 2.74. The number of carboxylic acids is 1. The first kappa shape index (κ1) is 13.0. The maximum atomic E-state index is 12.3. The molecule has 1 aliphatic heterocycles. The van der Waals surface area contributed by atoms with Gasteiger partial charge in [0.25, 0.3) is 5.91 Å². The molecule has 1 N–H and O–H groups in total. The Morgan fingerprint density at radius 1 is 1.56 bits per heavy atom. The van der Waals surface area contributed by atoms with Crippen LogP contribution < -0.4 is 0 Å². The first-order chi connectivity index (χ1) is 8.44. The fraction of sp³-hybridized carbons (Fsp3) is 0.583. The summed E-state index contributed by atoms with van der Waals surface area (Å²) in [7, 11) is 0. The van der Waals surface area contributed by atoms with Crippen LogP contribution in [0.4, 0.5) is 0 Å². The van der Waals surface area contributed by atoms with Crippen LogP contribution in [0.1, 0.15) is 35.1 Å². The molecule has 0 radical (unpaired) electrons. The Kier molecular flexibility index (Phi) is 3.38. The smallest absolute Gasteiger partial charge is 0.311 e. The number of aliphatic carboxylic acids is 1. The third kappa shape index (κ3) is 2.25. The Morgan fingerprint density at radius 3 is 2.83 bits per heavy atom. The van der Waals surface area contributed by atoms with Gasteiger partial charge in [-0.25, -0.2) is 4.98 Å². The summed E-state index contributed by atoms with van der Waals surface area (Å²) in [6, 6.07) is 0. The monoisotopic (exact) mass is 268 g/mol. The second kappa shape index (κ2) is 4.68. The van der Waals surface area contributed by atoms with Gasteiger partial charge in [0.05, 0.1) is 16.6 Å². The van der Waals surface area contributed by atoms with Crippen LogP contribution >= 0.6 is 11.3 Å². The molecule has 1 aliphatic rings. The number of rotatable bonds is 2. The van der Waals surface area contributed by atoms with Gasteiger partial charge in [0, 0.05) is 13.1 Å². The minimum absolute atomic E-state index is 0.0952. The predicted octanol–water partition coefficient (Wildman–Crippen LogP) is 1.78. The van der Waals surface area contributed by atoms with Crippen molar-refractivity contribution in [1.29, 1.82) is 0 Å². The molecule has 2 heterocycles. The Hall–Kier alpha value is -1.43. The Morgan fingerprint density at radius 2 is 2.28 bits per heavy atom. The maximum Gasteiger partial charge on any atom is 0.311 e. The lowest BCUT2D eigenvalue weighted by Gasteiger charge is -2.37. The molecule has 6 heteroatoms. The maximum absolute atomic E-state index is 12.3. The summed E-state index contributed by atoms with van der Waals surface area (Å²) in [5.41, 5.74) is 1.53. The van der Waals surface area contributed by atoms with Gasteiger partial charge in [0.1, 0.15) is 4.88 Å². The van der Waals surface area contributed by atoms with Crippen LogP contribution in [-0.4, -0.2) is 40.0 Å². The van der Waals surface area contributed by atoms with Crippen molar-refractivity contribution in [3.05, 3.63) is 16.1 Å². The number of likely N-dealkylation sites (tertiary alicyclic amines) is 1. The normalized spacial score (nSPS) is 24.0. The van der Waals surface area contributed by atoms with Gasteiger partial charge >= 0.3 is 5.97 Å². The van der Waals surface area contributed by atoms with Gasteiger partial charge in [-0.1, -0.05) is 0 Å². The molecule has 18 heavy (non-hydrogen) atoms. The number of carbonyl (C=O) groups excluding carboxylic acids is 1. The standard InChI is InChI=1S/C12H16N2O3S/c1-8-9(18-7-13-8)10(15)14-5-3-4-12(2,6-14)11(16)17/h7H,3-6H2,1-2H3,(H,16,17). The van der Waals surface area contributed by atoms with Gasteiger partial charge < -0.3 is 10.0 Å². The van der Waals surface area contributed by atoms with E-state index in [1.165, 1.54) is 11.3 Å². The van der Waals surface area contributed by atoms with E-state index in [0.717, 1.165) is 6.42 Å². The van der Waals surface area contributed by atoms with Crippen molar-refractivity contribution < 1.29 is 14.7 Å². The van der Waals surface area contributed by atoms with Crippen LogP contribution in [0.15, 0.2) is 5.51 Å². The number of piperidine rings is 1. The van der Waals surface area contributed by atoms with Gasteiger partial charge in [0.2, 0.25) is 0 Å². The molecule has 1 unspecified atom stereocenters. The van der Waals surface area contributed by atoms with E-state index >= 15 is 0 Å². The van der Waals surface area contributed by atoms with Crippen molar-refractivity contribution in [2.24, 2.45) is 5.41 Å². The quantitative estimate of drug-likeness (QED) is 0.887. The van der Waals surface area contributed by atoms with Gasteiger partial charge in [0.15, 0.2) is 0 Å². The first-order valence-electron chi connectivity index (χ1n) is 5.87. The number of carbonyl (C=O) groups is 2. The van der Waals surface area contributed by atoms with E-state index in [0.29, 0.717) is 23.5 Å². The molecule has 1 aromatic rings. The van der Waals surface area contributed by atoms with Crippen molar-refractivity contribution in [3.63, 3.8) is 0 Å². The zero-order chi connectivity index (χ0) is 13.3. The highest BCUT2D eigenvalue weighted by Gasteiger charge is 2.39. The van der Waals surface area contributed by atoms with Crippen LogP contribution in [0.25, 0.3) is 0 Å². The molecule has 1 atom stereocenters. The highest BCUT2D eigenvalue weighted by molar-refractivity contribution is 7.11. The fourth-order valence-corrected chi connectivity index (χ4v) is 3.01. The third-order valence-electron chi connectivity index (χ3n) is 3.44. The minimum atomic E-state index is -0.832. The molecule has 2 rings (SSSR count). The number of hydrogen-bond donors (Lipinski definition) is 1. The number of aromatic nitrogens is 1. The zero-order valence-corrected chi connectivity index (χ0v) is 11.3. The van der Waals surface area contributed by atoms with Gasteiger partial charge in [-0.05, 0) is 26.7 Å². The lowest BCUT2D eigenvalue weighted by Crippen LogP contribution is -2.48. The van der Waals surface area contributed by atoms with Crippen LogP contribution in [0.5, 0.6) is 0 Å². The summed E-state index contributed by atoms with van der Waals surface area (Å²) >= 11 is 1.31. The topological polar surface area (TPSA) is 70.5 Å². The zero-order valence-electron chi connectivity index (χ0n) is 10.5. The average molecular weight is 268 g/mol. The van der Waals surface area contributed by atoms with Crippen molar-refractivity contribution >= 4 is 23.2 Å². The second-order valence-corrected chi connectivity index (χ2v) is 5.82. The van der Waals surface area contributed by atoms with E-state index < -0.39 is 11.4 Å². The predicted molar refractivity (Wildman–Crippen MR) is 67.7 cm³/mol. The van der Waals surface area contributed by atoms with Crippen molar-refractivity contribution in [2.75, 3.05) is 13.1 Å². The van der Waals surface area contributed by atoms with Crippen molar-refractivity contribution in [3.8, 4) is 0 Å². The molecule has 0 spiro atoms. The number of thiazole rings is 1. The molecule has 1 amide bonds. The molecule has 0 aromatic carbocycles. The van der Waals surface area contributed by atoms with E-state index in [2.05, 4.69) is 4.98 Å². The van der Waals surface area contributed by atoms with Gasteiger partial charge in [-0.15, -0.1) is 11.3 Å². The lowest BCUT2D eigenvalue weighted by molar-refractivity contribution is -0.150. The van der Waals surface area contributed by atoms with Crippen LogP contribution in [-0.2, 0) is 4.79 Å². The first-order valence-corrected chi connectivity index (χ1v) is 6.75. The van der Waals surface area contributed by atoms with E-state index in [4.69, 9.17) is 0 Å². The summed E-state index contributed by atoms with van der Waals surface area (Å²) in [6.07, 6.45) is 1.35. The van der Waals surface area contributed by atoms with E-state index in [-0.39, 0.29) is 12.5 Å². The molecule has 98 valence electrons. The Labute approximate surface area is 109 Å². The number of aryl methyl sites for hydroxylation is 1. The van der Waals surface area contributed by atoms with Crippen LogP contribution in [0, 0.1) is 12.3 Å². The summed E-state index contributed by atoms with van der Waals surface area (Å²) in [4.78, 5) is 29.9. The summed E-state index contributed by atoms with van der Waals surface area (Å²) in [6.45, 7) is 4.40. The molecule has 0 saturated carbocycles. The number of carboxylic acid groups (broad SMARTS) is 1.